The molecular weight excluding hydrogens is 484 g/mol. The Morgan fingerprint density at radius 2 is 1.61 bits per heavy atom. The molecule has 3 unspecified atom stereocenters. The van der Waals surface area contributed by atoms with Gasteiger partial charge < -0.3 is 26.0 Å². The molecule has 9 nitrogen and oxygen atoms in total. The maximum absolute atomic E-state index is 14.0. The zero-order valence-electron chi connectivity index (χ0n) is 24.3. The normalized spacial score (nSPS) is 13.7. The topological polar surface area (TPSA) is 131 Å². The summed E-state index contributed by atoms with van der Waals surface area (Å²) in [5.41, 5.74) is 6.32. The monoisotopic (exact) mass is 532 g/mol. The number of carbonyl (C=O) groups is 4. The number of benzene rings is 1. The number of unbranched alkanes of at least 4 members (excludes halogenated alkanes) is 3. The number of nitrogens with two attached hydrogens (primary N) is 1. The number of amides is 4. The van der Waals surface area contributed by atoms with Gasteiger partial charge in [-0.2, -0.15) is 0 Å². The summed E-state index contributed by atoms with van der Waals surface area (Å²) in [6.45, 7) is 13.4. The lowest BCUT2D eigenvalue weighted by Gasteiger charge is -2.35. The lowest BCUT2D eigenvalue weighted by Crippen LogP contribution is -2.54. The Balaban J connectivity index is 3.49. The van der Waals surface area contributed by atoms with E-state index in [9.17, 15) is 19.2 Å². The summed E-state index contributed by atoms with van der Waals surface area (Å²) in [6, 6.07) is 5.15. The van der Waals surface area contributed by atoms with Crippen LogP contribution in [0.15, 0.2) is 24.3 Å². The number of alkyl carbamates (subject to hydrolysis) is 1. The number of rotatable bonds is 15. The zero-order valence-corrected chi connectivity index (χ0v) is 24.3. The highest BCUT2D eigenvalue weighted by atomic mass is 16.6. The van der Waals surface area contributed by atoms with Gasteiger partial charge in [0.15, 0.2) is 0 Å². The SMILES string of the molecule is CCCCCCN(C(=O)C(CC(N)=O)NC(=O)OC(C)(C)C)C(C(=O)NC(C)CCC)c1ccc(C)cc1. The van der Waals surface area contributed by atoms with Crippen LogP contribution in [0, 0.1) is 6.92 Å². The lowest BCUT2D eigenvalue weighted by atomic mass is 9.99. The van der Waals surface area contributed by atoms with Gasteiger partial charge in [-0.1, -0.05) is 69.4 Å². The van der Waals surface area contributed by atoms with Crippen LogP contribution in [0.25, 0.3) is 0 Å². The van der Waals surface area contributed by atoms with Crippen LogP contribution in [0.2, 0.25) is 0 Å². The second-order valence-electron chi connectivity index (χ2n) is 11.0. The van der Waals surface area contributed by atoms with Crippen LogP contribution in [0.4, 0.5) is 4.79 Å². The van der Waals surface area contributed by atoms with E-state index in [1.807, 2.05) is 45.0 Å². The maximum atomic E-state index is 14.0. The number of hydrogen-bond acceptors (Lipinski definition) is 5. The lowest BCUT2D eigenvalue weighted by molar-refractivity contribution is -0.143. The molecule has 214 valence electrons. The van der Waals surface area contributed by atoms with Gasteiger partial charge in [0.25, 0.3) is 0 Å². The van der Waals surface area contributed by atoms with Gasteiger partial charge in [-0.05, 0) is 53.0 Å². The van der Waals surface area contributed by atoms with Crippen LogP contribution in [0.5, 0.6) is 0 Å². The Morgan fingerprint density at radius 3 is 2.13 bits per heavy atom. The minimum atomic E-state index is -1.28. The van der Waals surface area contributed by atoms with E-state index in [-0.39, 0.29) is 18.5 Å². The van der Waals surface area contributed by atoms with Gasteiger partial charge in [-0.15, -0.1) is 0 Å². The molecule has 0 saturated carbocycles. The van der Waals surface area contributed by atoms with E-state index in [4.69, 9.17) is 10.5 Å². The molecule has 38 heavy (non-hydrogen) atoms. The number of carbonyl (C=O) groups excluding carboxylic acids is 4. The average molecular weight is 533 g/mol. The second kappa shape index (κ2) is 16.0. The van der Waals surface area contributed by atoms with Crippen molar-refractivity contribution in [1.82, 2.24) is 15.5 Å². The van der Waals surface area contributed by atoms with E-state index >= 15 is 0 Å². The molecule has 0 aliphatic rings. The fourth-order valence-corrected chi connectivity index (χ4v) is 4.18. The summed E-state index contributed by atoms with van der Waals surface area (Å²) in [4.78, 5) is 53.7. The molecule has 0 bridgehead atoms. The van der Waals surface area contributed by atoms with Gasteiger partial charge in [0.1, 0.15) is 17.7 Å². The van der Waals surface area contributed by atoms with Crippen molar-refractivity contribution in [2.75, 3.05) is 6.54 Å². The van der Waals surface area contributed by atoms with Crippen molar-refractivity contribution in [2.24, 2.45) is 5.73 Å². The third kappa shape index (κ3) is 12.0. The summed E-state index contributed by atoms with van der Waals surface area (Å²) < 4.78 is 5.33. The van der Waals surface area contributed by atoms with Crippen LogP contribution in [0.1, 0.15) is 104 Å². The Kier molecular flexibility index (Phi) is 13.9. The molecular formula is C29H48N4O5. The minimum Gasteiger partial charge on any atom is -0.444 e. The van der Waals surface area contributed by atoms with Crippen molar-refractivity contribution in [2.45, 2.75) is 117 Å². The van der Waals surface area contributed by atoms with Crippen LogP contribution in [0.3, 0.4) is 0 Å². The first-order valence-electron chi connectivity index (χ1n) is 13.7. The van der Waals surface area contributed by atoms with Crippen molar-refractivity contribution in [3.05, 3.63) is 35.4 Å². The number of primary amides is 1. The standard InChI is InChI=1S/C29H48N4O5/c1-8-10-11-12-18-33(27(36)23(19-24(30)34)32-28(37)38-29(5,6)7)25(22-16-14-20(3)15-17-22)26(35)31-21(4)13-9-2/h14-17,21,23,25H,8-13,18-19H2,1-7H3,(H2,30,34)(H,31,35)(H,32,37). The number of ether oxygens (including phenoxy) is 1. The molecule has 0 fully saturated rings. The Labute approximate surface area is 228 Å². The van der Waals surface area contributed by atoms with E-state index in [1.54, 1.807) is 20.8 Å². The van der Waals surface area contributed by atoms with E-state index < -0.39 is 42.0 Å². The Morgan fingerprint density at radius 1 is 0.974 bits per heavy atom. The van der Waals surface area contributed by atoms with E-state index in [1.165, 1.54) is 4.90 Å². The molecule has 0 aliphatic heterocycles. The number of aryl methyl sites for hydroxylation is 1. The van der Waals surface area contributed by atoms with Gasteiger partial charge in [0, 0.05) is 12.6 Å². The van der Waals surface area contributed by atoms with Crippen molar-refractivity contribution in [1.29, 1.82) is 0 Å². The molecule has 0 radical (unpaired) electrons. The van der Waals surface area contributed by atoms with Crippen molar-refractivity contribution >= 4 is 23.8 Å². The Bertz CT molecular complexity index is 911. The molecule has 0 saturated heterocycles. The summed E-state index contributed by atoms with van der Waals surface area (Å²) >= 11 is 0. The van der Waals surface area contributed by atoms with Crippen LogP contribution in [-0.4, -0.2) is 52.9 Å². The average Bonchev–Trinajstić information content (AvgIpc) is 2.79. The maximum Gasteiger partial charge on any atom is 0.408 e. The highest BCUT2D eigenvalue weighted by molar-refractivity contribution is 5.94. The number of nitrogens with one attached hydrogen (secondary N) is 2. The van der Waals surface area contributed by atoms with Crippen molar-refractivity contribution < 1.29 is 23.9 Å². The highest BCUT2D eigenvalue weighted by Gasteiger charge is 2.37. The van der Waals surface area contributed by atoms with Crippen molar-refractivity contribution in [3.8, 4) is 0 Å². The van der Waals surface area contributed by atoms with Gasteiger partial charge in [0.2, 0.25) is 17.7 Å². The Hall–Kier alpha value is -3.10. The first-order valence-corrected chi connectivity index (χ1v) is 13.7. The molecule has 0 heterocycles. The first-order chi connectivity index (χ1) is 17.8. The van der Waals surface area contributed by atoms with Crippen molar-refractivity contribution in [3.63, 3.8) is 0 Å². The fraction of sp³-hybridized carbons (Fsp3) is 0.655. The highest BCUT2D eigenvalue weighted by Crippen LogP contribution is 2.25. The third-order valence-corrected chi connectivity index (χ3v) is 5.99. The fourth-order valence-electron chi connectivity index (χ4n) is 4.18. The number of hydrogen-bond donors (Lipinski definition) is 3. The summed E-state index contributed by atoms with van der Waals surface area (Å²) in [5.74, 6) is -1.62. The smallest absolute Gasteiger partial charge is 0.408 e. The summed E-state index contributed by atoms with van der Waals surface area (Å²) in [7, 11) is 0. The molecule has 0 spiro atoms. The molecule has 4 amide bonds. The molecule has 1 aromatic rings. The van der Waals surface area contributed by atoms with Gasteiger partial charge in [-0.3, -0.25) is 14.4 Å². The summed E-state index contributed by atoms with van der Waals surface area (Å²) in [5, 5.41) is 5.56. The first kappa shape index (κ1) is 32.9. The predicted molar refractivity (Wildman–Crippen MR) is 149 cm³/mol. The molecule has 3 atom stereocenters. The number of nitrogens with zero attached hydrogens (tertiary/aromatic N) is 1. The minimum absolute atomic E-state index is 0.0844. The van der Waals surface area contributed by atoms with Gasteiger partial charge in [-0.25, -0.2) is 4.79 Å². The molecule has 4 N–H and O–H groups in total. The van der Waals surface area contributed by atoms with Crippen LogP contribution in [-0.2, 0) is 19.1 Å². The predicted octanol–water partition coefficient (Wildman–Crippen LogP) is 4.52. The molecule has 0 aromatic heterocycles. The van der Waals surface area contributed by atoms with Gasteiger partial charge in [0.05, 0.1) is 6.42 Å². The molecule has 1 rings (SSSR count). The molecule has 0 aliphatic carbocycles. The largest absolute Gasteiger partial charge is 0.444 e. The van der Waals surface area contributed by atoms with Crippen LogP contribution >= 0.6 is 0 Å². The van der Waals surface area contributed by atoms with E-state index in [2.05, 4.69) is 17.6 Å². The molecule has 9 heteroatoms. The summed E-state index contributed by atoms with van der Waals surface area (Å²) in [6.07, 6.45) is 3.96. The molecule has 1 aromatic carbocycles. The van der Waals surface area contributed by atoms with E-state index in [0.717, 1.165) is 37.7 Å². The zero-order chi connectivity index (χ0) is 28.9. The third-order valence-electron chi connectivity index (χ3n) is 5.99. The van der Waals surface area contributed by atoms with Crippen LogP contribution < -0.4 is 16.4 Å². The quantitative estimate of drug-likeness (QED) is 0.286. The van der Waals surface area contributed by atoms with E-state index in [0.29, 0.717) is 12.0 Å². The second-order valence-corrected chi connectivity index (χ2v) is 11.0. The van der Waals surface area contributed by atoms with Gasteiger partial charge >= 0.3 is 6.09 Å².